The smallest absolute Gasteiger partial charge is 0.408 e. The van der Waals surface area contributed by atoms with Gasteiger partial charge in [0.2, 0.25) is 0 Å². The van der Waals surface area contributed by atoms with E-state index in [0.717, 1.165) is 0 Å². The molecule has 1 unspecified atom stereocenters. The first-order valence-electron chi connectivity index (χ1n) is 3.79. The van der Waals surface area contributed by atoms with Crippen molar-refractivity contribution in [3.63, 3.8) is 0 Å². The monoisotopic (exact) mass is 185 g/mol. The molecule has 5 heteroatoms. The Kier molecular flexibility index (Phi) is 2.55. The van der Waals surface area contributed by atoms with Crippen molar-refractivity contribution in [2.45, 2.75) is 12.0 Å². The van der Waals surface area contributed by atoms with Crippen LogP contribution in [-0.2, 0) is 14.3 Å². The maximum Gasteiger partial charge on any atom is 0.408 e. The zero-order chi connectivity index (χ0) is 9.90. The van der Waals surface area contributed by atoms with Gasteiger partial charge in [0.25, 0.3) is 0 Å². The van der Waals surface area contributed by atoms with Crippen molar-refractivity contribution in [2.75, 3.05) is 13.7 Å². The van der Waals surface area contributed by atoms with E-state index in [2.05, 4.69) is 21.4 Å². The van der Waals surface area contributed by atoms with E-state index in [0.29, 0.717) is 6.42 Å². The largest absolute Gasteiger partial charge is 0.467 e. The van der Waals surface area contributed by atoms with Crippen LogP contribution in [0.3, 0.4) is 0 Å². The normalized spacial score (nSPS) is 26.1. The predicted octanol–water partition coefficient (Wildman–Crippen LogP) is 0.214. The van der Waals surface area contributed by atoms with Crippen molar-refractivity contribution >= 4 is 12.1 Å². The lowest BCUT2D eigenvalue weighted by Gasteiger charge is -2.21. The van der Waals surface area contributed by atoms with Crippen molar-refractivity contribution in [1.29, 1.82) is 0 Å². The number of ether oxygens (including phenoxy) is 2. The molecule has 0 saturated carbocycles. The highest BCUT2D eigenvalue weighted by Crippen LogP contribution is 2.19. The molecule has 1 amide bonds. The van der Waals surface area contributed by atoms with E-state index in [9.17, 15) is 9.59 Å². The van der Waals surface area contributed by atoms with Crippen LogP contribution in [0.4, 0.5) is 4.79 Å². The number of cyclic esters (lactones) is 1. The van der Waals surface area contributed by atoms with Crippen LogP contribution in [0, 0.1) is 0 Å². The van der Waals surface area contributed by atoms with Crippen molar-refractivity contribution < 1.29 is 19.1 Å². The molecule has 5 nitrogen and oxygen atoms in total. The van der Waals surface area contributed by atoms with Crippen molar-refractivity contribution in [1.82, 2.24) is 5.32 Å². The van der Waals surface area contributed by atoms with Crippen LogP contribution in [0.5, 0.6) is 0 Å². The lowest BCUT2D eigenvalue weighted by atomic mass is 9.97. The number of hydrogen-bond acceptors (Lipinski definition) is 4. The van der Waals surface area contributed by atoms with E-state index in [1.807, 2.05) is 0 Å². The summed E-state index contributed by atoms with van der Waals surface area (Å²) in [5.41, 5.74) is -1.08. The molecule has 13 heavy (non-hydrogen) atoms. The molecule has 0 aromatic rings. The minimum Gasteiger partial charge on any atom is -0.467 e. The number of amides is 1. The molecule has 1 atom stereocenters. The SMILES string of the molecule is C=CCC1(C(=O)OC)COC(=O)N1. The Bertz CT molecular complexity index is 251. The van der Waals surface area contributed by atoms with Gasteiger partial charge >= 0.3 is 12.1 Å². The summed E-state index contributed by atoms with van der Waals surface area (Å²) in [4.78, 5) is 22.1. The summed E-state index contributed by atoms with van der Waals surface area (Å²) >= 11 is 0. The maximum atomic E-state index is 11.3. The molecule has 0 spiro atoms. The van der Waals surface area contributed by atoms with Gasteiger partial charge in [-0.1, -0.05) is 6.08 Å². The Morgan fingerprint density at radius 1 is 1.92 bits per heavy atom. The van der Waals surface area contributed by atoms with Crippen molar-refractivity contribution in [3.8, 4) is 0 Å². The summed E-state index contributed by atoms with van der Waals surface area (Å²) in [6.45, 7) is 3.49. The lowest BCUT2D eigenvalue weighted by molar-refractivity contribution is -0.147. The Morgan fingerprint density at radius 2 is 2.62 bits per heavy atom. The van der Waals surface area contributed by atoms with Crippen LogP contribution in [-0.4, -0.2) is 31.3 Å². The summed E-state index contributed by atoms with van der Waals surface area (Å²) in [6, 6.07) is 0. The van der Waals surface area contributed by atoms with Gasteiger partial charge in [0.15, 0.2) is 5.54 Å². The van der Waals surface area contributed by atoms with Gasteiger partial charge in [-0.25, -0.2) is 9.59 Å². The number of hydrogen-bond donors (Lipinski definition) is 1. The quantitative estimate of drug-likeness (QED) is 0.504. The van der Waals surface area contributed by atoms with E-state index in [4.69, 9.17) is 0 Å². The van der Waals surface area contributed by atoms with Crippen LogP contribution >= 0.6 is 0 Å². The zero-order valence-electron chi connectivity index (χ0n) is 7.33. The third-order valence-corrected chi connectivity index (χ3v) is 1.86. The minimum absolute atomic E-state index is 0.00940. The molecule has 1 fully saturated rings. The lowest BCUT2D eigenvalue weighted by Crippen LogP contribution is -2.51. The van der Waals surface area contributed by atoms with Gasteiger partial charge in [0, 0.05) is 6.42 Å². The van der Waals surface area contributed by atoms with Gasteiger partial charge in [0.1, 0.15) is 6.61 Å². The highest BCUT2D eigenvalue weighted by atomic mass is 16.6. The van der Waals surface area contributed by atoms with Crippen LogP contribution in [0.25, 0.3) is 0 Å². The second-order valence-electron chi connectivity index (χ2n) is 2.77. The third-order valence-electron chi connectivity index (χ3n) is 1.86. The number of carbonyl (C=O) groups is 2. The molecule has 0 bridgehead atoms. The van der Waals surface area contributed by atoms with Gasteiger partial charge in [-0.3, -0.25) is 0 Å². The first-order valence-corrected chi connectivity index (χ1v) is 3.79. The van der Waals surface area contributed by atoms with E-state index in [1.165, 1.54) is 13.2 Å². The maximum absolute atomic E-state index is 11.3. The molecule has 1 rings (SSSR count). The topological polar surface area (TPSA) is 64.6 Å². The molecule has 0 aliphatic carbocycles. The van der Waals surface area contributed by atoms with Crippen LogP contribution in [0.15, 0.2) is 12.7 Å². The first-order chi connectivity index (χ1) is 6.14. The number of carbonyl (C=O) groups excluding carboxylic acids is 2. The predicted molar refractivity (Wildman–Crippen MR) is 44.0 cm³/mol. The Labute approximate surface area is 75.7 Å². The van der Waals surface area contributed by atoms with Crippen LogP contribution in [0.2, 0.25) is 0 Å². The van der Waals surface area contributed by atoms with Crippen LogP contribution in [0.1, 0.15) is 6.42 Å². The molecular weight excluding hydrogens is 174 g/mol. The average molecular weight is 185 g/mol. The van der Waals surface area contributed by atoms with Gasteiger partial charge in [-0.2, -0.15) is 0 Å². The molecule has 1 saturated heterocycles. The van der Waals surface area contributed by atoms with Gasteiger partial charge in [-0.05, 0) is 0 Å². The Balaban J connectivity index is 2.81. The molecular formula is C8H11NO4. The molecule has 1 aliphatic rings. The standard InChI is InChI=1S/C8H11NO4/c1-3-4-8(6(10)12-2)5-13-7(11)9-8/h3H,1,4-5H2,2H3,(H,9,11). The fourth-order valence-corrected chi connectivity index (χ4v) is 1.20. The molecule has 0 aromatic carbocycles. The Hall–Kier alpha value is -1.52. The Morgan fingerprint density at radius 3 is 3.00 bits per heavy atom. The summed E-state index contributed by atoms with van der Waals surface area (Å²) in [5.74, 6) is -0.516. The van der Waals surface area contributed by atoms with Crippen molar-refractivity contribution in [2.24, 2.45) is 0 Å². The number of methoxy groups -OCH3 is 1. The zero-order valence-corrected chi connectivity index (χ0v) is 7.33. The van der Waals surface area contributed by atoms with E-state index >= 15 is 0 Å². The first kappa shape index (κ1) is 9.57. The minimum atomic E-state index is -1.08. The van der Waals surface area contributed by atoms with E-state index in [1.54, 1.807) is 0 Å². The van der Waals surface area contributed by atoms with E-state index in [-0.39, 0.29) is 6.61 Å². The number of esters is 1. The van der Waals surface area contributed by atoms with E-state index < -0.39 is 17.6 Å². The summed E-state index contributed by atoms with van der Waals surface area (Å²) < 4.78 is 9.20. The highest BCUT2D eigenvalue weighted by molar-refractivity contribution is 5.88. The van der Waals surface area contributed by atoms with Gasteiger partial charge in [-0.15, -0.1) is 6.58 Å². The number of alkyl carbamates (subject to hydrolysis) is 1. The fraction of sp³-hybridized carbons (Fsp3) is 0.500. The molecule has 1 N–H and O–H groups in total. The second-order valence-corrected chi connectivity index (χ2v) is 2.77. The molecule has 0 aromatic heterocycles. The molecule has 0 radical (unpaired) electrons. The third kappa shape index (κ3) is 1.63. The van der Waals surface area contributed by atoms with Gasteiger partial charge in [0.05, 0.1) is 7.11 Å². The summed E-state index contributed by atoms with van der Waals surface area (Å²) in [7, 11) is 1.26. The molecule has 1 heterocycles. The van der Waals surface area contributed by atoms with Crippen molar-refractivity contribution in [3.05, 3.63) is 12.7 Å². The van der Waals surface area contributed by atoms with Crippen LogP contribution < -0.4 is 5.32 Å². The average Bonchev–Trinajstić information content (AvgIpc) is 2.48. The molecule has 1 aliphatic heterocycles. The summed E-state index contributed by atoms with van der Waals surface area (Å²) in [5, 5.41) is 2.41. The number of rotatable bonds is 3. The van der Waals surface area contributed by atoms with Gasteiger partial charge < -0.3 is 14.8 Å². The fourth-order valence-electron chi connectivity index (χ4n) is 1.20. The highest BCUT2D eigenvalue weighted by Gasteiger charge is 2.46. The summed E-state index contributed by atoms with van der Waals surface area (Å²) in [6.07, 6.45) is 1.23. The molecule has 72 valence electrons. The second kappa shape index (κ2) is 3.47. The number of nitrogens with one attached hydrogen (secondary N) is 1.